The summed E-state index contributed by atoms with van der Waals surface area (Å²) in [4.78, 5) is 19.0. The van der Waals surface area contributed by atoms with Crippen molar-refractivity contribution in [2.45, 2.75) is 43.2 Å². The number of carbonyl (C=O) groups is 1. The number of hydrogen-bond donors (Lipinski definition) is 0. The number of piperidine rings is 1. The molecule has 1 aromatic carbocycles. The maximum atomic E-state index is 12.3. The Hall–Kier alpha value is -1.82. The molecule has 24 heavy (non-hydrogen) atoms. The van der Waals surface area contributed by atoms with Gasteiger partial charge < -0.3 is 4.90 Å². The fourth-order valence-corrected chi connectivity index (χ4v) is 3.82. The molecule has 1 aliphatic carbocycles. The number of carbonyl (C=O) groups excluding carboxylic acids is 1. The smallest absolute Gasteiger partial charge is 0.233 e. The Morgan fingerprint density at radius 2 is 1.88 bits per heavy atom. The van der Waals surface area contributed by atoms with Gasteiger partial charge in [-0.15, -0.1) is 5.10 Å². The molecule has 0 atom stereocenters. The number of benzene rings is 1. The lowest BCUT2D eigenvalue weighted by molar-refractivity contribution is -0.129. The number of para-hydroxylation sites is 1. The van der Waals surface area contributed by atoms with Gasteiger partial charge in [-0.25, -0.2) is 9.67 Å². The molecule has 1 aromatic heterocycles. The maximum Gasteiger partial charge on any atom is 0.233 e. The quantitative estimate of drug-likeness (QED) is 0.783. The van der Waals surface area contributed by atoms with E-state index in [1.54, 1.807) is 0 Å². The van der Waals surface area contributed by atoms with E-state index in [0.717, 1.165) is 37.4 Å². The van der Waals surface area contributed by atoms with E-state index in [1.165, 1.54) is 31.0 Å². The van der Waals surface area contributed by atoms with Crippen LogP contribution >= 0.6 is 11.8 Å². The van der Waals surface area contributed by atoms with E-state index in [4.69, 9.17) is 4.98 Å². The summed E-state index contributed by atoms with van der Waals surface area (Å²) in [5.41, 5.74) is 1.04. The van der Waals surface area contributed by atoms with E-state index in [1.807, 2.05) is 39.9 Å². The summed E-state index contributed by atoms with van der Waals surface area (Å²) in [6.07, 6.45) is 5.86. The molecule has 126 valence electrons. The predicted octanol–water partition coefficient (Wildman–Crippen LogP) is 3.25. The van der Waals surface area contributed by atoms with Gasteiger partial charge in [0.15, 0.2) is 0 Å². The van der Waals surface area contributed by atoms with Crippen molar-refractivity contribution in [1.82, 2.24) is 19.7 Å². The second kappa shape index (κ2) is 6.97. The van der Waals surface area contributed by atoms with Crippen LogP contribution in [0, 0.1) is 0 Å². The Balaban J connectivity index is 1.47. The lowest BCUT2D eigenvalue weighted by Gasteiger charge is -2.26. The van der Waals surface area contributed by atoms with Crippen molar-refractivity contribution in [3.05, 3.63) is 36.2 Å². The van der Waals surface area contributed by atoms with Gasteiger partial charge >= 0.3 is 0 Å². The van der Waals surface area contributed by atoms with Crippen LogP contribution in [-0.4, -0.2) is 44.4 Å². The first-order valence-electron chi connectivity index (χ1n) is 8.74. The highest BCUT2D eigenvalue weighted by Gasteiger charge is 2.30. The number of aromatic nitrogens is 3. The second-order valence-electron chi connectivity index (χ2n) is 6.50. The molecule has 0 N–H and O–H groups in total. The summed E-state index contributed by atoms with van der Waals surface area (Å²) in [5.74, 6) is 2.20. The van der Waals surface area contributed by atoms with Crippen molar-refractivity contribution in [2.24, 2.45) is 0 Å². The van der Waals surface area contributed by atoms with Crippen LogP contribution in [0.5, 0.6) is 0 Å². The molecule has 1 aliphatic heterocycles. The van der Waals surface area contributed by atoms with Gasteiger partial charge in [0, 0.05) is 19.0 Å². The van der Waals surface area contributed by atoms with Crippen molar-refractivity contribution in [1.29, 1.82) is 0 Å². The van der Waals surface area contributed by atoms with E-state index in [9.17, 15) is 4.79 Å². The maximum absolute atomic E-state index is 12.3. The van der Waals surface area contributed by atoms with Gasteiger partial charge in [0.05, 0.1) is 11.4 Å². The Labute approximate surface area is 146 Å². The summed E-state index contributed by atoms with van der Waals surface area (Å²) >= 11 is 1.46. The number of thioether (sulfide) groups is 1. The van der Waals surface area contributed by atoms with Crippen molar-refractivity contribution in [3.63, 3.8) is 0 Å². The Bertz CT molecular complexity index is 705. The van der Waals surface area contributed by atoms with Gasteiger partial charge in [0.2, 0.25) is 11.1 Å². The lowest BCUT2D eigenvalue weighted by atomic mass is 10.1. The topological polar surface area (TPSA) is 51.0 Å². The molecule has 1 saturated heterocycles. The highest BCUT2D eigenvalue weighted by atomic mass is 32.2. The number of nitrogens with zero attached hydrogens (tertiary/aromatic N) is 4. The van der Waals surface area contributed by atoms with Crippen LogP contribution in [0.4, 0.5) is 0 Å². The molecule has 4 rings (SSSR count). The molecule has 2 aliphatic rings. The third-order valence-corrected chi connectivity index (χ3v) is 5.41. The van der Waals surface area contributed by atoms with Crippen molar-refractivity contribution in [2.75, 3.05) is 18.8 Å². The average molecular weight is 342 g/mol. The molecule has 5 nitrogen and oxygen atoms in total. The van der Waals surface area contributed by atoms with Gasteiger partial charge in [-0.1, -0.05) is 30.0 Å². The van der Waals surface area contributed by atoms with Gasteiger partial charge in [-0.3, -0.25) is 4.79 Å². The van der Waals surface area contributed by atoms with Crippen LogP contribution < -0.4 is 0 Å². The summed E-state index contributed by atoms with van der Waals surface area (Å²) in [7, 11) is 0. The van der Waals surface area contributed by atoms with Crippen LogP contribution in [0.3, 0.4) is 0 Å². The second-order valence-corrected chi connectivity index (χ2v) is 7.45. The molecule has 2 aromatic rings. The largest absolute Gasteiger partial charge is 0.342 e. The zero-order valence-electron chi connectivity index (χ0n) is 13.7. The van der Waals surface area contributed by atoms with Crippen LogP contribution in [-0.2, 0) is 4.79 Å². The van der Waals surface area contributed by atoms with E-state index in [0.29, 0.717) is 16.8 Å². The molecule has 2 heterocycles. The average Bonchev–Trinajstić information content (AvgIpc) is 3.40. The Morgan fingerprint density at radius 1 is 1.12 bits per heavy atom. The van der Waals surface area contributed by atoms with Crippen molar-refractivity contribution < 1.29 is 4.79 Å². The standard InChI is InChI=1S/C18H22N4OS/c23-16(21-11-5-2-6-12-21)13-24-18-19-17(14-9-10-14)22(20-18)15-7-3-1-4-8-15/h1,3-4,7-8,14H,2,5-6,9-13H2. The van der Waals surface area contributed by atoms with Gasteiger partial charge in [-0.05, 0) is 44.2 Å². The molecule has 0 spiro atoms. The molecular formula is C18H22N4OS. The van der Waals surface area contributed by atoms with E-state index < -0.39 is 0 Å². The minimum atomic E-state index is 0.212. The third kappa shape index (κ3) is 3.48. The number of amides is 1. The fourth-order valence-electron chi connectivity index (χ4n) is 3.09. The molecule has 0 radical (unpaired) electrons. The van der Waals surface area contributed by atoms with Crippen LogP contribution in [0.15, 0.2) is 35.5 Å². The molecule has 2 fully saturated rings. The number of hydrogen-bond acceptors (Lipinski definition) is 4. The molecule has 6 heteroatoms. The van der Waals surface area contributed by atoms with Crippen molar-refractivity contribution >= 4 is 17.7 Å². The first kappa shape index (κ1) is 15.7. The molecule has 1 amide bonds. The summed E-state index contributed by atoms with van der Waals surface area (Å²) in [6, 6.07) is 10.1. The Kier molecular flexibility index (Phi) is 4.56. The lowest BCUT2D eigenvalue weighted by Crippen LogP contribution is -2.36. The summed E-state index contributed by atoms with van der Waals surface area (Å²) < 4.78 is 1.95. The SMILES string of the molecule is O=C(CSc1nc(C2CC2)n(-c2ccccc2)n1)N1CCCCC1. The molecular weight excluding hydrogens is 320 g/mol. The normalized spacial score (nSPS) is 17.9. The first-order valence-corrected chi connectivity index (χ1v) is 9.73. The minimum absolute atomic E-state index is 0.212. The fraction of sp³-hybridized carbons (Fsp3) is 0.500. The van der Waals surface area contributed by atoms with Gasteiger partial charge in [0.25, 0.3) is 0 Å². The predicted molar refractivity (Wildman–Crippen MR) is 94.5 cm³/mol. The monoisotopic (exact) mass is 342 g/mol. The zero-order chi connectivity index (χ0) is 16.4. The molecule has 0 unspecified atom stereocenters. The Morgan fingerprint density at radius 3 is 2.58 bits per heavy atom. The van der Waals surface area contributed by atoms with E-state index in [-0.39, 0.29) is 5.91 Å². The minimum Gasteiger partial charge on any atom is -0.342 e. The highest BCUT2D eigenvalue weighted by Crippen LogP contribution is 2.40. The van der Waals surface area contributed by atoms with E-state index in [2.05, 4.69) is 5.10 Å². The van der Waals surface area contributed by atoms with Crippen LogP contribution in [0.1, 0.15) is 43.8 Å². The number of rotatable bonds is 5. The highest BCUT2D eigenvalue weighted by molar-refractivity contribution is 7.99. The first-order chi connectivity index (χ1) is 11.8. The summed E-state index contributed by atoms with van der Waals surface area (Å²) in [5, 5.41) is 5.37. The van der Waals surface area contributed by atoms with Gasteiger partial charge in [-0.2, -0.15) is 0 Å². The van der Waals surface area contributed by atoms with Crippen LogP contribution in [0.2, 0.25) is 0 Å². The van der Waals surface area contributed by atoms with Crippen LogP contribution in [0.25, 0.3) is 5.69 Å². The van der Waals surface area contributed by atoms with Gasteiger partial charge in [0.1, 0.15) is 5.82 Å². The zero-order valence-corrected chi connectivity index (χ0v) is 14.5. The van der Waals surface area contributed by atoms with E-state index >= 15 is 0 Å². The third-order valence-electron chi connectivity index (χ3n) is 4.59. The molecule has 0 bridgehead atoms. The van der Waals surface area contributed by atoms with Crippen molar-refractivity contribution in [3.8, 4) is 5.69 Å². The summed E-state index contributed by atoms with van der Waals surface area (Å²) in [6.45, 7) is 1.80. The molecule has 1 saturated carbocycles. The number of likely N-dealkylation sites (tertiary alicyclic amines) is 1.